The zero-order chi connectivity index (χ0) is 11.8. The molecule has 0 aliphatic rings. The third-order valence-electron chi connectivity index (χ3n) is 2.80. The molecule has 0 atom stereocenters. The van der Waals surface area contributed by atoms with E-state index in [0.717, 1.165) is 16.3 Å². The largest absolute Gasteiger partial charge is 0.296 e. The molecule has 0 fully saturated rings. The van der Waals surface area contributed by atoms with Crippen LogP contribution in [0.2, 0.25) is 0 Å². The van der Waals surface area contributed by atoms with Gasteiger partial charge in [0.2, 0.25) is 0 Å². The summed E-state index contributed by atoms with van der Waals surface area (Å²) >= 11 is 0. The Bertz CT molecular complexity index is 737. The van der Waals surface area contributed by atoms with Gasteiger partial charge < -0.3 is 0 Å². The van der Waals surface area contributed by atoms with Gasteiger partial charge in [0, 0.05) is 10.8 Å². The average molecular weight is 225 g/mol. The van der Waals surface area contributed by atoms with Gasteiger partial charge in [0.25, 0.3) is 0 Å². The Balaban J connectivity index is 2.59. The number of hydrogen-bond acceptors (Lipinski definition) is 2. The maximum Gasteiger partial charge on any atom is 0.169 e. The number of hydrogen-bond donors (Lipinski definition) is 0. The molecule has 82 valence electrons. The Morgan fingerprint density at radius 3 is 2.65 bits per heavy atom. The van der Waals surface area contributed by atoms with Gasteiger partial charge in [-0.2, -0.15) is 0 Å². The third kappa shape index (κ3) is 1.47. The molecule has 0 aliphatic heterocycles. The highest BCUT2D eigenvalue weighted by Crippen LogP contribution is 2.26. The topological polar surface area (TPSA) is 30.0 Å². The summed E-state index contributed by atoms with van der Waals surface area (Å²) in [6.07, 6.45) is 0.661. The lowest BCUT2D eigenvalue weighted by Crippen LogP contribution is -1.92. The molecular formula is C14H8FNO. The quantitative estimate of drug-likeness (QED) is 0.469. The molecule has 0 bridgehead atoms. The number of carbonyl (C=O) groups excluding carboxylic acids is 1. The molecule has 0 aliphatic carbocycles. The van der Waals surface area contributed by atoms with Gasteiger partial charge in [-0.15, -0.1) is 0 Å². The monoisotopic (exact) mass is 225 g/mol. The molecule has 3 heteroatoms. The zero-order valence-electron chi connectivity index (χ0n) is 8.85. The van der Waals surface area contributed by atoms with Crippen molar-refractivity contribution in [2.45, 2.75) is 0 Å². The van der Waals surface area contributed by atoms with E-state index in [-0.39, 0.29) is 11.5 Å². The van der Waals surface area contributed by atoms with E-state index < -0.39 is 0 Å². The second-order valence-electron chi connectivity index (χ2n) is 3.82. The minimum atomic E-state index is -0.363. The lowest BCUT2D eigenvalue weighted by molar-refractivity contribution is 0.112. The van der Waals surface area contributed by atoms with Gasteiger partial charge in [-0.25, -0.2) is 9.37 Å². The third-order valence-corrected chi connectivity index (χ3v) is 2.80. The zero-order valence-corrected chi connectivity index (χ0v) is 8.85. The molecule has 17 heavy (non-hydrogen) atoms. The predicted octanol–water partition coefficient (Wildman–Crippen LogP) is 3.34. The number of para-hydroxylation sites is 1. The summed E-state index contributed by atoms with van der Waals surface area (Å²) in [5.74, 6) is -0.363. The summed E-state index contributed by atoms with van der Waals surface area (Å²) in [5, 5.41) is 2.32. The smallest absolute Gasteiger partial charge is 0.169 e. The lowest BCUT2D eigenvalue weighted by atomic mass is 10.0. The van der Waals surface area contributed by atoms with Crippen LogP contribution < -0.4 is 0 Å². The van der Waals surface area contributed by atoms with E-state index >= 15 is 0 Å². The van der Waals surface area contributed by atoms with E-state index in [4.69, 9.17) is 0 Å². The van der Waals surface area contributed by atoms with E-state index in [2.05, 4.69) is 4.98 Å². The summed E-state index contributed by atoms with van der Waals surface area (Å²) < 4.78 is 13.2. The first-order chi connectivity index (χ1) is 8.29. The second-order valence-corrected chi connectivity index (χ2v) is 3.82. The first-order valence-corrected chi connectivity index (χ1v) is 5.23. The molecule has 0 unspecified atom stereocenters. The van der Waals surface area contributed by atoms with E-state index in [0.29, 0.717) is 11.7 Å². The molecule has 2 aromatic carbocycles. The number of benzene rings is 2. The van der Waals surface area contributed by atoms with E-state index in [1.807, 2.05) is 24.3 Å². The van der Waals surface area contributed by atoms with Crippen LogP contribution in [-0.2, 0) is 0 Å². The van der Waals surface area contributed by atoms with Crippen molar-refractivity contribution in [3.8, 4) is 0 Å². The maximum atomic E-state index is 13.2. The van der Waals surface area contributed by atoms with Crippen LogP contribution >= 0.6 is 0 Å². The van der Waals surface area contributed by atoms with Crippen LogP contribution in [0, 0.1) is 5.82 Å². The molecule has 0 amide bonds. The number of nitrogens with zero attached hydrogens (tertiary/aromatic N) is 1. The van der Waals surface area contributed by atoms with Gasteiger partial charge in [-0.1, -0.05) is 24.3 Å². The maximum absolute atomic E-state index is 13.2. The Morgan fingerprint density at radius 2 is 1.82 bits per heavy atom. The molecule has 0 spiro atoms. The Morgan fingerprint density at radius 1 is 1.00 bits per heavy atom. The standard InChI is InChI=1S/C14H8FNO/c15-9-5-6-10-11-3-1-2-4-13(11)16-14(8-17)12(10)7-9/h1-8H. The molecule has 0 N–H and O–H groups in total. The van der Waals surface area contributed by atoms with Crippen LogP contribution in [0.3, 0.4) is 0 Å². The molecule has 0 saturated heterocycles. The lowest BCUT2D eigenvalue weighted by Gasteiger charge is -2.05. The molecule has 3 rings (SSSR count). The normalized spacial score (nSPS) is 10.9. The van der Waals surface area contributed by atoms with Crippen molar-refractivity contribution >= 4 is 28.0 Å². The fourth-order valence-corrected chi connectivity index (χ4v) is 2.04. The van der Waals surface area contributed by atoms with Crippen molar-refractivity contribution in [3.05, 3.63) is 54.0 Å². The van der Waals surface area contributed by atoms with Crippen LogP contribution in [0.25, 0.3) is 21.7 Å². The molecule has 1 heterocycles. The molecule has 1 aromatic heterocycles. The van der Waals surface area contributed by atoms with Crippen LogP contribution in [0.15, 0.2) is 42.5 Å². The fourth-order valence-electron chi connectivity index (χ4n) is 2.04. The highest BCUT2D eigenvalue weighted by atomic mass is 19.1. The van der Waals surface area contributed by atoms with E-state index in [1.54, 1.807) is 6.07 Å². The number of halogens is 1. The Kier molecular flexibility index (Phi) is 2.11. The molecule has 0 saturated carbocycles. The van der Waals surface area contributed by atoms with Crippen molar-refractivity contribution in [3.63, 3.8) is 0 Å². The first-order valence-electron chi connectivity index (χ1n) is 5.23. The van der Waals surface area contributed by atoms with Crippen LogP contribution in [0.4, 0.5) is 4.39 Å². The summed E-state index contributed by atoms with van der Waals surface area (Å²) in [6, 6.07) is 11.9. The number of aromatic nitrogens is 1. The number of fused-ring (bicyclic) bond motifs is 3. The number of aldehydes is 1. The predicted molar refractivity (Wildman–Crippen MR) is 64.6 cm³/mol. The molecule has 0 radical (unpaired) electrons. The van der Waals surface area contributed by atoms with Gasteiger partial charge in [0.1, 0.15) is 11.5 Å². The van der Waals surface area contributed by atoms with Crippen molar-refractivity contribution in [1.82, 2.24) is 4.98 Å². The van der Waals surface area contributed by atoms with E-state index in [9.17, 15) is 9.18 Å². The number of carbonyl (C=O) groups is 1. The molecular weight excluding hydrogens is 217 g/mol. The number of pyridine rings is 1. The minimum absolute atomic E-state index is 0.276. The fraction of sp³-hybridized carbons (Fsp3) is 0. The average Bonchev–Trinajstić information content (AvgIpc) is 2.37. The summed E-state index contributed by atoms with van der Waals surface area (Å²) in [7, 11) is 0. The Hall–Kier alpha value is -2.29. The molecule has 3 aromatic rings. The SMILES string of the molecule is O=Cc1nc2ccccc2c2ccc(F)cc12. The van der Waals surface area contributed by atoms with Crippen molar-refractivity contribution < 1.29 is 9.18 Å². The van der Waals surface area contributed by atoms with Crippen molar-refractivity contribution in [2.24, 2.45) is 0 Å². The van der Waals surface area contributed by atoms with Gasteiger partial charge in [-0.3, -0.25) is 4.79 Å². The van der Waals surface area contributed by atoms with Crippen LogP contribution in [0.5, 0.6) is 0 Å². The Labute approximate surface area is 96.7 Å². The first kappa shape index (κ1) is 9.90. The number of rotatable bonds is 1. The van der Waals surface area contributed by atoms with Crippen LogP contribution in [0.1, 0.15) is 10.5 Å². The van der Waals surface area contributed by atoms with Crippen molar-refractivity contribution in [1.29, 1.82) is 0 Å². The summed E-state index contributed by atoms with van der Waals surface area (Å²) in [5.41, 5.74) is 1.02. The van der Waals surface area contributed by atoms with Gasteiger partial charge >= 0.3 is 0 Å². The van der Waals surface area contributed by atoms with Crippen molar-refractivity contribution in [2.75, 3.05) is 0 Å². The van der Waals surface area contributed by atoms with Gasteiger partial charge in [0.15, 0.2) is 6.29 Å². The highest BCUT2D eigenvalue weighted by Gasteiger charge is 2.07. The van der Waals surface area contributed by atoms with Crippen LogP contribution in [-0.4, -0.2) is 11.3 Å². The van der Waals surface area contributed by atoms with Gasteiger partial charge in [0.05, 0.1) is 5.52 Å². The molecule has 2 nitrogen and oxygen atoms in total. The van der Waals surface area contributed by atoms with E-state index in [1.165, 1.54) is 12.1 Å². The second kappa shape index (κ2) is 3.63. The summed E-state index contributed by atoms with van der Waals surface area (Å²) in [6.45, 7) is 0. The van der Waals surface area contributed by atoms with Gasteiger partial charge in [-0.05, 0) is 23.6 Å². The highest BCUT2D eigenvalue weighted by molar-refractivity contribution is 6.10. The summed E-state index contributed by atoms with van der Waals surface area (Å²) in [4.78, 5) is 15.2. The minimum Gasteiger partial charge on any atom is -0.296 e.